The number of alkyl halides is 3. The van der Waals surface area contributed by atoms with Gasteiger partial charge in [-0.3, -0.25) is 14.8 Å². The molecule has 112 valence electrons. The van der Waals surface area contributed by atoms with Crippen molar-refractivity contribution in [1.29, 1.82) is 0 Å². The van der Waals surface area contributed by atoms with Crippen LogP contribution >= 0.6 is 11.8 Å². The van der Waals surface area contributed by atoms with Crippen molar-refractivity contribution in [2.45, 2.75) is 23.2 Å². The zero-order valence-electron chi connectivity index (χ0n) is 10.9. The zero-order chi connectivity index (χ0) is 15.8. The third-order valence-corrected chi connectivity index (χ3v) is 3.69. The lowest BCUT2D eigenvalue weighted by Gasteiger charge is -2.06. The number of hydrogen-bond donors (Lipinski definition) is 0. The Morgan fingerprint density at radius 3 is 2.52 bits per heavy atom. The minimum Gasteiger partial charge on any atom is -0.258 e. The Morgan fingerprint density at radius 2 is 2.05 bits per heavy atom. The summed E-state index contributed by atoms with van der Waals surface area (Å²) in [5.41, 5.74) is -0.816. The molecule has 0 saturated heterocycles. The lowest BCUT2D eigenvalue weighted by molar-refractivity contribution is -0.388. The van der Waals surface area contributed by atoms with Crippen molar-refractivity contribution >= 4 is 17.4 Å². The molecule has 0 aliphatic heterocycles. The highest BCUT2D eigenvalue weighted by Crippen LogP contribution is 2.36. The number of aryl methyl sites for hydroxylation is 2. The summed E-state index contributed by atoms with van der Waals surface area (Å²) in [4.78, 5) is 14.1. The highest BCUT2D eigenvalue weighted by molar-refractivity contribution is 7.99. The molecule has 0 aliphatic carbocycles. The van der Waals surface area contributed by atoms with Crippen molar-refractivity contribution in [3.8, 4) is 0 Å². The maximum absolute atomic E-state index is 12.4. The number of aromatic nitrogens is 3. The number of hydrogen-bond acceptors (Lipinski definition) is 5. The monoisotopic (exact) mass is 318 g/mol. The SMILES string of the molecule is Cc1nn(C)c(Sc2ccc(C(F)(F)F)cn2)c1[N+](=O)[O-]. The fourth-order valence-electron chi connectivity index (χ4n) is 1.66. The lowest BCUT2D eigenvalue weighted by Crippen LogP contribution is -2.05. The molecule has 2 rings (SSSR count). The predicted octanol–water partition coefficient (Wildman–Crippen LogP) is 3.20. The summed E-state index contributed by atoms with van der Waals surface area (Å²) in [6, 6.07) is 2.05. The molecule has 2 aromatic heterocycles. The van der Waals surface area contributed by atoms with Gasteiger partial charge in [0, 0.05) is 13.2 Å². The molecule has 0 saturated carbocycles. The quantitative estimate of drug-likeness (QED) is 0.642. The first-order valence-corrected chi connectivity index (χ1v) is 6.41. The minimum atomic E-state index is -4.47. The Morgan fingerprint density at radius 1 is 1.38 bits per heavy atom. The van der Waals surface area contributed by atoms with Crippen LogP contribution in [0.5, 0.6) is 0 Å². The number of rotatable bonds is 3. The van der Waals surface area contributed by atoms with Gasteiger partial charge in [0.1, 0.15) is 10.7 Å². The number of nitro groups is 1. The van der Waals surface area contributed by atoms with Gasteiger partial charge in [-0.2, -0.15) is 18.3 Å². The van der Waals surface area contributed by atoms with Gasteiger partial charge in [-0.15, -0.1) is 0 Å². The van der Waals surface area contributed by atoms with Crippen LogP contribution in [-0.2, 0) is 13.2 Å². The Hall–Kier alpha value is -2.10. The maximum Gasteiger partial charge on any atom is 0.417 e. The van der Waals surface area contributed by atoms with E-state index < -0.39 is 16.7 Å². The van der Waals surface area contributed by atoms with Crippen LogP contribution in [0, 0.1) is 17.0 Å². The van der Waals surface area contributed by atoms with Crippen LogP contribution in [0.3, 0.4) is 0 Å². The van der Waals surface area contributed by atoms with Crippen LogP contribution in [0.25, 0.3) is 0 Å². The highest BCUT2D eigenvalue weighted by atomic mass is 32.2. The van der Waals surface area contributed by atoms with Crippen LogP contribution in [-0.4, -0.2) is 19.7 Å². The fraction of sp³-hybridized carbons (Fsp3) is 0.273. The molecule has 0 spiro atoms. The first-order chi connectivity index (χ1) is 9.70. The summed E-state index contributed by atoms with van der Waals surface area (Å²) >= 11 is 0.890. The molecule has 0 radical (unpaired) electrons. The largest absolute Gasteiger partial charge is 0.417 e. The van der Waals surface area contributed by atoms with E-state index in [1.54, 1.807) is 0 Å². The van der Waals surface area contributed by atoms with Gasteiger partial charge < -0.3 is 0 Å². The van der Waals surface area contributed by atoms with E-state index >= 15 is 0 Å². The molecule has 0 aromatic carbocycles. The van der Waals surface area contributed by atoms with E-state index in [0.29, 0.717) is 6.20 Å². The van der Waals surface area contributed by atoms with Crippen molar-refractivity contribution in [3.05, 3.63) is 39.7 Å². The normalized spacial score (nSPS) is 11.7. The van der Waals surface area contributed by atoms with Gasteiger partial charge in [0.25, 0.3) is 0 Å². The third kappa shape index (κ3) is 3.15. The van der Waals surface area contributed by atoms with E-state index in [0.717, 1.165) is 17.8 Å². The van der Waals surface area contributed by atoms with Gasteiger partial charge in [0.15, 0.2) is 5.03 Å². The molecule has 0 atom stereocenters. The third-order valence-electron chi connectivity index (χ3n) is 2.59. The second-order valence-corrected chi connectivity index (χ2v) is 5.11. The summed E-state index contributed by atoms with van der Waals surface area (Å²) in [5, 5.41) is 15.4. The van der Waals surface area contributed by atoms with Gasteiger partial charge in [0.05, 0.1) is 10.5 Å². The van der Waals surface area contributed by atoms with E-state index in [2.05, 4.69) is 10.1 Å². The molecule has 0 fully saturated rings. The molecule has 0 bridgehead atoms. The average molecular weight is 318 g/mol. The van der Waals surface area contributed by atoms with Crippen LogP contribution in [0.15, 0.2) is 28.4 Å². The molecule has 0 amide bonds. The van der Waals surface area contributed by atoms with Crippen molar-refractivity contribution in [2.24, 2.45) is 7.05 Å². The Labute approximate surface area is 121 Å². The van der Waals surface area contributed by atoms with E-state index in [1.807, 2.05) is 0 Å². The maximum atomic E-state index is 12.4. The molecule has 10 heteroatoms. The molecular weight excluding hydrogens is 309 g/mol. The van der Waals surface area contributed by atoms with Crippen LogP contribution in [0.2, 0.25) is 0 Å². The summed E-state index contributed by atoms with van der Waals surface area (Å²) < 4.78 is 38.6. The topological polar surface area (TPSA) is 73.8 Å². The Bertz CT molecular complexity index is 682. The Kier molecular flexibility index (Phi) is 3.90. The summed E-state index contributed by atoms with van der Waals surface area (Å²) in [6.45, 7) is 1.49. The molecular formula is C11H9F3N4O2S. The number of nitrogens with zero attached hydrogens (tertiary/aromatic N) is 4. The van der Waals surface area contributed by atoms with Gasteiger partial charge in [-0.1, -0.05) is 0 Å². The van der Waals surface area contributed by atoms with Gasteiger partial charge in [-0.25, -0.2) is 4.98 Å². The number of halogens is 3. The van der Waals surface area contributed by atoms with Gasteiger partial charge >= 0.3 is 11.9 Å². The smallest absolute Gasteiger partial charge is 0.258 e. The summed E-state index contributed by atoms with van der Waals surface area (Å²) in [6.07, 6.45) is -3.78. The van der Waals surface area contributed by atoms with E-state index in [9.17, 15) is 23.3 Å². The standard InChI is InChI=1S/C11H9F3N4O2S/c1-6-9(18(19)20)10(17(2)16-6)21-8-4-3-7(5-15-8)11(12,13)14/h3-5H,1-2H3. The fourth-order valence-corrected chi connectivity index (χ4v) is 2.59. The molecule has 21 heavy (non-hydrogen) atoms. The Balaban J connectivity index is 2.33. The molecule has 6 nitrogen and oxygen atoms in total. The lowest BCUT2D eigenvalue weighted by atomic mass is 10.3. The summed E-state index contributed by atoms with van der Waals surface area (Å²) in [7, 11) is 1.52. The van der Waals surface area contributed by atoms with E-state index in [-0.39, 0.29) is 21.4 Å². The minimum absolute atomic E-state index is 0.177. The van der Waals surface area contributed by atoms with Gasteiger partial charge in [0.2, 0.25) is 0 Å². The molecule has 2 aromatic rings. The summed E-state index contributed by atoms with van der Waals surface area (Å²) in [5.74, 6) is 0. The van der Waals surface area contributed by atoms with Crippen LogP contribution in [0.1, 0.15) is 11.3 Å². The average Bonchev–Trinajstić information content (AvgIpc) is 2.63. The second kappa shape index (κ2) is 5.35. The first-order valence-electron chi connectivity index (χ1n) is 5.59. The number of pyridine rings is 1. The van der Waals surface area contributed by atoms with Crippen LogP contribution < -0.4 is 0 Å². The van der Waals surface area contributed by atoms with E-state index in [4.69, 9.17) is 0 Å². The first kappa shape index (κ1) is 15.3. The second-order valence-electron chi connectivity index (χ2n) is 4.10. The zero-order valence-corrected chi connectivity index (χ0v) is 11.7. The molecule has 0 unspecified atom stereocenters. The molecule has 0 aliphatic rings. The van der Waals surface area contributed by atoms with Crippen molar-refractivity contribution in [2.75, 3.05) is 0 Å². The van der Waals surface area contributed by atoms with Crippen molar-refractivity contribution < 1.29 is 18.1 Å². The van der Waals surface area contributed by atoms with E-state index in [1.165, 1.54) is 24.7 Å². The van der Waals surface area contributed by atoms with Crippen LogP contribution in [0.4, 0.5) is 18.9 Å². The van der Waals surface area contributed by atoms with Gasteiger partial charge in [-0.05, 0) is 30.8 Å². The van der Waals surface area contributed by atoms with Crippen molar-refractivity contribution in [1.82, 2.24) is 14.8 Å². The van der Waals surface area contributed by atoms with Crippen molar-refractivity contribution in [3.63, 3.8) is 0 Å². The molecule has 2 heterocycles. The molecule has 0 N–H and O–H groups in total. The highest BCUT2D eigenvalue weighted by Gasteiger charge is 2.31. The predicted molar refractivity (Wildman–Crippen MR) is 68.0 cm³/mol.